The van der Waals surface area contributed by atoms with Crippen molar-refractivity contribution in [1.29, 1.82) is 0 Å². The van der Waals surface area contributed by atoms with Crippen molar-refractivity contribution in [2.75, 3.05) is 0 Å². The topological polar surface area (TPSA) is 102 Å². The van der Waals surface area contributed by atoms with Gasteiger partial charge in [0.15, 0.2) is 0 Å². The molecular weight excluding hydrogens is 426 g/mol. The number of non-ortho nitro benzene ring substituents is 1. The SMILES string of the molecule is O=[N+]([O-])c1cccc(S(=O)(=O)N/N=C\c2c3ccccc3c(Cl)c3ccccc23)c1. The van der Waals surface area contributed by atoms with E-state index in [0.717, 1.165) is 27.6 Å². The van der Waals surface area contributed by atoms with Crippen molar-refractivity contribution < 1.29 is 13.3 Å². The van der Waals surface area contributed by atoms with Gasteiger partial charge in [-0.2, -0.15) is 13.5 Å². The molecular formula is C21H14ClN3O4S. The molecule has 0 saturated carbocycles. The predicted octanol–water partition coefficient (Wildman–Crippen LogP) is 4.87. The lowest BCUT2D eigenvalue weighted by Gasteiger charge is -2.10. The second-order valence-electron chi connectivity index (χ2n) is 6.43. The minimum atomic E-state index is -4.08. The van der Waals surface area contributed by atoms with Crippen molar-refractivity contribution in [3.63, 3.8) is 0 Å². The number of nitro benzene ring substituents is 1. The number of hydrogen-bond donors (Lipinski definition) is 1. The average Bonchev–Trinajstić information content (AvgIpc) is 2.76. The summed E-state index contributed by atoms with van der Waals surface area (Å²) in [5.74, 6) is 0. The minimum absolute atomic E-state index is 0.250. The maximum absolute atomic E-state index is 12.5. The number of hydrogen-bond acceptors (Lipinski definition) is 5. The Bertz CT molecular complexity index is 1380. The maximum atomic E-state index is 12.5. The molecule has 0 aromatic heterocycles. The molecule has 0 fully saturated rings. The Labute approximate surface area is 176 Å². The monoisotopic (exact) mass is 439 g/mol. The third-order valence-electron chi connectivity index (χ3n) is 4.61. The van der Waals surface area contributed by atoms with E-state index in [-0.39, 0.29) is 10.6 Å². The van der Waals surface area contributed by atoms with E-state index in [1.54, 1.807) is 0 Å². The Morgan fingerprint density at radius 2 is 1.47 bits per heavy atom. The molecule has 1 N–H and O–H groups in total. The Morgan fingerprint density at radius 1 is 0.900 bits per heavy atom. The van der Waals surface area contributed by atoms with Gasteiger partial charge in [0.2, 0.25) is 0 Å². The molecule has 0 amide bonds. The lowest BCUT2D eigenvalue weighted by molar-refractivity contribution is -0.385. The van der Waals surface area contributed by atoms with Gasteiger partial charge in [0.05, 0.1) is 21.1 Å². The van der Waals surface area contributed by atoms with Crippen LogP contribution in [0, 0.1) is 10.1 Å². The smallest absolute Gasteiger partial charge is 0.258 e. The first-order chi connectivity index (χ1) is 14.4. The van der Waals surface area contributed by atoms with E-state index in [2.05, 4.69) is 9.93 Å². The Morgan fingerprint density at radius 3 is 2.03 bits per heavy atom. The largest absolute Gasteiger partial charge is 0.276 e. The summed E-state index contributed by atoms with van der Waals surface area (Å²) >= 11 is 6.56. The van der Waals surface area contributed by atoms with Gasteiger partial charge >= 0.3 is 0 Å². The summed E-state index contributed by atoms with van der Waals surface area (Å²) in [6.45, 7) is 0. The molecule has 0 heterocycles. The van der Waals surface area contributed by atoms with Crippen LogP contribution in [0.3, 0.4) is 0 Å². The van der Waals surface area contributed by atoms with Gasteiger partial charge in [0, 0.05) is 28.5 Å². The van der Waals surface area contributed by atoms with E-state index in [9.17, 15) is 18.5 Å². The number of benzene rings is 4. The number of sulfonamides is 1. The normalized spacial score (nSPS) is 11.9. The second-order valence-corrected chi connectivity index (χ2v) is 8.47. The fourth-order valence-corrected chi connectivity index (χ4v) is 4.39. The van der Waals surface area contributed by atoms with E-state index in [4.69, 9.17) is 11.6 Å². The summed E-state index contributed by atoms with van der Waals surface area (Å²) in [6.07, 6.45) is 1.41. The molecule has 7 nitrogen and oxygen atoms in total. The number of nitrogens with zero attached hydrogens (tertiary/aromatic N) is 2. The Kier molecular flexibility index (Phi) is 5.11. The van der Waals surface area contributed by atoms with Gasteiger partial charge in [-0.05, 0) is 16.8 Å². The number of fused-ring (bicyclic) bond motifs is 2. The summed E-state index contributed by atoms with van der Waals surface area (Å²) in [5, 5.41) is 18.7. The quantitative estimate of drug-likeness (QED) is 0.207. The van der Waals surface area contributed by atoms with E-state index in [1.807, 2.05) is 48.5 Å². The highest BCUT2D eigenvalue weighted by molar-refractivity contribution is 7.89. The van der Waals surface area contributed by atoms with Crippen molar-refractivity contribution in [3.8, 4) is 0 Å². The van der Waals surface area contributed by atoms with Gasteiger partial charge in [0.25, 0.3) is 15.7 Å². The highest BCUT2D eigenvalue weighted by Crippen LogP contribution is 2.35. The summed E-state index contributed by atoms with van der Waals surface area (Å²) in [5.41, 5.74) is 0.379. The molecule has 4 aromatic carbocycles. The van der Waals surface area contributed by atoms with Crippen molar-refractivity contribution in [2.24, 2.45) is 5.10 Å². The van der Waals surface area contributed by atoms with Gasteiger partial charge < -0.3 is 0 Å². The lowest BCUT2D eigenvalue weighted by Crippen LogP contribution is -2.18. The van der Waals surface area contributed by atoms with Crippen molar-refractivity contribution in [2.45, 2.75) is 4.90 Å². The molecule has 30 heavy (non-hydrogen) atoms. The minimum Gasteiger partial charge on any atom is -0.258 e. The van der Waals surface area contributed by atoms with Crippen molar-refractivity contribution in [3.05, 3.63) is 93.5 Å². The molecule has 0 bridgehead atoms. The molecule has 0 saturated heterocycles. The zero-order valence-corrected chi connectivity index (χ0v) is 16.9. The molecule has 0 aliphatic carbocycles. The third kappa shape index (κ3) is 3.58. The van der Waals surface area contributed by atoms with Crippen LogP contribution in [0.5, 0.6) is 0 Å². The van der Waals surface area contributed by atoms with Crippen LogP contribution in [0.4, 0.5) is 5.69 Å². The average molecular weight is 440 g/mol. The highest BCUT2D eigenvalue weighted by Gasteiger charge is 2.17. The van der Waals surface area contributed by atoms with Crippen LogP contribution < -0.4 is 4.83 Å². The van der Waals surface area contributed by atoms with Crippen LogP contribution in [-0.2, 0) is 10.0 Å². The van der Waals surface area contributed by atoms with Crippen molar-refractivity contribution in [1.82, 2.24) is 4.83 Å². The third-order valence-corrected chi connectivity index (χ3v) is 6.24. The molecule has 0 spiro atoms. The molecule has 150 valence electrons. The fraction of sp³-hybridized carbons (Fsp3) is 0. The first-order valence-electron chi connectivity index (χ1n) is 8.77. The Balaban J connectivity index is 1.76. The molecule has 0 aliphatic heterocycles. The van der Waals surface area contributed by atoms with Crippen LogP contribution in [0.25, 0.3) is 21.5 Å². The Hall–Kier alpha value is -3.49. The molecule has 9 heteroatoms. The van der Waals surface area contributed by atoms with Gasteiger partial charge in [0.1, 0.15) is 0 Å². The van der Waals surface area contributed by atoms with E-state index < -0.39 is 14.9 Å². The molecule has 0 unspecified atom stereocenters. The van der Waals surface area contributed by atoms with Gasteiger partial charge in [-0.15, -0.1) is 0 Å². The number of nitrogens with one attached hydrogen (secondary N) is 1. The van der Waals surface area contributed by atoms with Crippen molar-refractivity contribution >= 4 is 55.1 Å². The van der Waals surface area contributed by atoms with Gasteiger partial charge in [-0.1, -0.05) is 66.2 Å². The summed E-state index contributed by atoms with van der Waals surface area (Å²) in [6, 6.07) is 19.7. The summed E-state index contributed by atoms with van der Waals surface area (Å²) in [4.78, 5) is 12.1. The first kappa shape index (κ1) is 19.8. The number of nitro groups is 1. The van der Waals surface area contributed by atoms with Crippen LogP contribution in [0.15, 0.2) is 82.8 Å². The van der Waals surface area contributed by atoms with Gasteiger partial charge in [-0.25, -0.2) is 4.83 Å². The van der Waals surface area contributed by atoms with Gasteiger partial charge in [-0.3, -0.25) is 10.1 Å². The summed E-state index contributed by atoms with van der Waals surface area (Å²) in [7, 11) is -4.08. The highest BCUT2D eigenvalue weighted by atomic mass is 35.5. The molecule has 0 radical (unpaired) electrons. The standard InChI is InChI=1S/C21H14ClN3O4S/c22-21-18-10-3-1-8-16(18)20(17-9-2-4-11-19(17)21)13-23-24-30(28,29)15-7-5-6-14(12-15)25(26)27/h1-13,24H/b23-13-. The molecule has 4 rings (SSSR count). The zero-order valence-electron chi connectivity index (χ0n) is 15.3. The number of hydrazone groups is 1. The first-order valence-corrected chi connectivity index (χ1v) is 10.6. The van der Waals surface area contributed by atoms with Crippen LogP contribution >= 0.6 is 11.6 Å². The fourth-order valence-electron chi connectivity index (χ4n) is 3.23. The molecule has 0 atom stereocenters. The second kappa shape index (κ2) is 7.74. The van der Waals surface area contributed by atoms with E-state index >= 15 is 0 Å². The predicted molar refractivity (Wildman–Crippen MR) is 117 cm³/mol. The maximum Gasteiger partial charge on any atom is 0.276 e. The van der Waals surface area contributed by atoms with Crippen LogP contribution in [0.1, 0.15) is 5.56 Å². The number of rotatable bonds is 5. The zero-order chi connectivity index (χ0) is 21.3. The van der Waals surface area contributed by atoms with E-state index in [1.165, 1.54) is 24.4 Å². The van der Waals surface area contributed by atoms with Crippen LogP contribution in [0.2, 0.25) is 5.02 Å². The lowest BCUT2D eigenvalue weighted by atomic mass is 9.97. The van der Waals surface area contributed by atoms with Crippen LogP contribution in [-0.4, -0.2) is 19.6 Å². The molecule has 4 aromatic rings. The summed E-state index contributed by atoms with van der Waals surface area (Å²) < 4.78 is 25.0. The molecule has 0 aliphatic rings. The van der Waals surface area contributed by atoms with E-state index in [0.29, 0.717) is 10.6 Å². The number of halogens is 1.